The van der Waals surface area contributed by atoms with Crippen molar-refractivity contribution in [3.8, 4) is 56.9 Å². The summed E-state index contributed by atoms with van der Waals surface area (Å²) in [6, 6.07) is 39.8. The van der Waals surface area contributed by atoms with Gasteiger partial charge in [-0.3, -0.25) is 0 Å². The van der Waals surface area contributed by atoms with Crippen LogP contribution in [0.25, 0.3) is 56.9 Å². The Morgan fingerprint density at radius 3 is 0.775 bits per heavy atom. The normalized spacial score (nSPS) is 12.5. The Morgan fingerprint density at radius 2 is 0.493 bits per heavy atom. The van der Waals surface area contributed by atoms with Crippen molar-refractivity contribution < 1.29 is 156 Å². The average molecular weight is 2120 g/mol. The number of nitrogens with two attached hydrogens (primary N) is 5. The highest BCUT2D eigenvalue weighted by Crippen LogP contribution is 2.40. The summed E-state index contributed by atoms with van der Waals surface area (Å²) >= 11 is 0. The van der Waals surface area contributed by atoms with Gasteiger partial charge in [0, 0.05) is 102 Å². The van der Waals surface area contributed by atoms with Gasteiger partial charge in [0.25, 0.3) is 0 Å². The second-order valence-corrected chi connectivity index (χ2v) is 37.7. The Hall–Kier alpha value is -14.0. The molecule has 15 rings (SSSR count). The first kappa shape index (κ1) is 108. The highest BCUT2D eigenvalue weighted by molar-refractivity contribution is 7.90. The second-order valence-electron chi connectivity index (χ2n) is 29.9. The summed E-state index contributed by atoms with van der Waals surface area (Å²) in [7, 11) is -19.9. The summed E-state index contributed by atoms with van der Waals surface area (Å²) in [6.45, 7) is -1.59. The van der Waals surface area contributed by atoms with Gasteiger partial charge in [-0.15, -0.1) is 0 Å². The van der Waals surface area contributed by atoms with Crippen molar-refractivity contribution in [3.63, 3.8) is 0 Å². The highest BCUT2D eigenvalue weighted by atomic mass is 32.2. The zero-order chi connectivity index (χ0) is 105. The Balaban J connectivity index is 0.000000170. The van der Waals surface area contributed by atoms with Gasteiger partial charge in [-0.05, 0) is 187 Å². The Morgan fingerprint density at radius 1 is 0.225 bits per heavy atom. The van der Waals surface area contributed by atoms with E-state index in [9.17, 15) is 156 Å². The predicted octanol–water partition coefficient (Wildman–Crippen LogP) is 18.5. The van der Waals surface area contributed by atoms with Crippen LogP contribution in [0.1, 0.15) is 61.9 Å². The van der Waals surface area contributed by atoms with E-state index in [1.165, 1.54) is 103 Å². The molecule has 5 heterocycles. The van der Waals surface area contributed by atoms with Gasteiger partial charge in [0.2, 0.25) is 50.1 Å². The minimum atomic E-state index is -4.83. The molecule has 0 aliphatic heterocycles. The summed E-state index contributed by atoms with van der Waals surface area (Å²) in [5, 5.41) is 25.0. The van der Waals surface area contributed by atoms with Crippen LogP contribution in [-0.2, 0) is 120 Å². The Labute approximate surface area is 784 Å². The summed E-state index contributed by atoms with van der Waals surface area (Å²) in [5.41, 5.74) is -6.01. The molecule has 142 heavy (non-hydrogen) atoms. The Bertz CT molecular complexity index is 7750. The van der Waals surface area contributed by atoms with E-state index < -0.39 is 180 Å². The van der Waals surface area contributed by atoms with E-state index in [4.69, 9.17) is 25.7 Å². The number of nitrogens with zero attached hydrogens (tertiary/aromatic N) is 10. The molecule has 5 aromatic heterocycles. The van der Waals surface area contributed by atoms with Gasteiger partial charge in [0.1, 0.15) is 52.4 Å². The predicted molar refractivity (Wildman–Crippen MR) is 453 cm³/mol. The van der Waals surface area contributed by atoms with Gasteiger partial charge in [0.05, 0.1) is 43.1 Å². The van der Waals surface area contributed by atoms with Crippen LogP contribution in [0, 0.1) is 46.5 Å². The monoisotopic (exact) mass is 2120 g/mol. The molecule has 0 bridgehead atoms. The van der Waals surface area contributed by atoms with E-state index >= 15 is 0 Å². The van der Waals surface area contributed by atoms with Gasteiger partial charge >= 0.3 is 37.1 Å². The molecule has 0 radical (unpaired) electrons. The summed E-state index contributed by atoms with van der Waals surface area (Å²) in [5.74, 6) is -9.31. The zero-order valence-corrected chi connectivity index (χ0v) is 74.6. The molecule has 0 amide bonds. The molecule has 0 fully saturated rings. The first-order valence-corrected chi connectivity index (χ1v) is 46.6. The van der Waals surface area contributed by atoms with Crippen LogP contribution in [0.4, 0.5) is 114 Å². The lowest BCUT2D eigenvalue weighted by molar-refractivity contribution is -0.141. The third-order valence-corrected chi connectivity index (χ3v) is 24.1. The molecule has 0 atom stereocenters. The fraction of sp³-hybridized carbons (Fsp3) is 0.128. The van der Waals surface area contributed by atoms with Crippen molar-refractivity contribution in [3.05, 3.63) is 358 Å². The van der Waals surface area contributed by atoms with E-state index in [1.54, 1.807) is 6.07 Å². The molecular formula is C86H61F26N15O10S5. The first-order chi connectivity index (χ1) is 65.5. The van der Waals surface area contributed by atoms with Gasteiger partial charge < -0.3 is 22.8 Å². The van der Waals surface area contributed by atoms with Gasteiger partial charge in [0.15, 0.2) is 51.7 Å². The van der Waals surface area contributed by atoms with Crippen molar-refractivity contribution >= 4 is 50.1 Å². The number of hydrogen-bond acceptors (Lipinski definition) is 15. The SMILES string of the molecule is NS(=O)(=O)c1ccc(-c2nc(C(F)(F)F)cn2Cc2cc(F)c(F)cc2F)cc1.NS(=O)(=O)c1ccc(-c2nc(C(F)(F)F)cn2Cc2cc(F)cc(F)c2)cc1.NS(=O)(=O)c1ccc(-c2nc(C(F)(F)F)cn2Cc2ccc(F)c(F)c2)cc1.NS(=O)(=O)c1ccc(-c2nc(C(F)(F)F)cn2Cc2cccc(C(F)(F)F)c2)cc1.NS(=O)(=O)c1ccc(-c2nc(C(F)(F)F)cn2Cc2ccccc2F)cc1. The van der Waals surface area contributed by atoms with E-state index in [0.29, 0.717) is 30.7 Å². The number of sulfonamides is 5. The van der Waals surface area contributed by atoms with Crippen LogP contribution >= 0.6 is 0 Å². The van der Waals surface area contributed by atoms with Crippen LogP contribution in [-0.4, -0.2) is 89.8 Å². The maximum Gasteiger partial charge on any atom is 0.434 e. The van der Waals surface area contributed by atoms with Crippen LogP contribution in [0.15, 0.2) is 274 Å². The fourth-order valence-electron chi connectivity index (χ4n) is 12.9. The first-order valence-electron chi connectivity index (χ1n) is 38.8. The number of alkyl halides is 18. The Kier molecular flexibility index (Phi) is 31.8. The summed E-state index contributed by atoms with van der Waals surface area (Å²) in [6.07, 6.45) is -24.9. The summed E-state index contributed by atoms with van der Waals surface area (Å²) in [4.78, 5) is 16.6. The number of primary sulfonamides is 5. The number of halogens is 26. The molecule has 0 aliphatic carbocycles. The largest absolute Gasteiger partial charge is 0.434 e. The number of rotatable bonds is 20. The zero-order valence-electron chi connectivity index (χ0n) is 70.5. The van der Waals surface area contributed by atoms with Crippen molar-refractivity contribution in [2.75, 3.05) is 0 Å². The van der Waals surface area contributed by atoms with E-state index in [-0.39, 0.29) is 136 Å². The molecule has 56 heteroatoms. The molecule has 0 unspecified atom stereocenters. The number of aromatic nitrogens is 10. The lowest BCUT2D eigenvalue weighted by Crippen LogP contribution is -2.12. The number of hydrogen-bond donors (Lipinski definition) is 5. The molecule has 0 aliphatic rings. The molecule has 0 saturated carbocycles. The average Bonchev–Trinajstić information content (AvgIpc) is 1.63. The molecular weight excluding hydrogens is 2060 g/mol. The van der Waals surface area contributed by atoms with Crippen molar-refractivity contribution in [2.24, 2.45) is 25.7 Å². The quantitative estimate of drug-likeness (QED) is 0.0350. The molecule has 752 valence electrons. The van der Waals surface area contributed by atoms with Crippen LogP contribution in [0.2, 0.25) is 0 Å². The van der Waals surface area contributed by atoms with Gasteiger partial charge in [-0.2, -0.15) is 79.0 Å². The molecule has 0 saturated heterocycles. The van der Waals surface area contributed by atoms with Crippen molar-refractivity contribution in [1.29, 1.82) is 0 Å². The minimum Gasteiger partial charge on any atom is -0.326 e. The third-order valence-electron chi connectivity index (χ3n) is 19.5. The van der Waals surface area contributed by atoms with Crippen molar-refractivity contribution in [1.82, 2.24) is 47.8 Å². The third kappa shape index (κ3) is 28.2. The standard InChI is InChI=1S/C18H13F6N3O2S.C17H11F6N3O2S.2C17H12F5N3O2S.C17H13F4N3O2S/c19-17(20,21)13-3-1-2-11(8-13)9-27-10-15(18(22,23)24)26-16(27)12-4-6-14(7-5-12)30(25,28)29;18-12-6-14(20)13(19)5-10(12)7-26-8-15(17(21,22)23)25-16(26)9-1-3-11(4-2-9)29(24,27)28;18-13-6-1-10(7-14(13)19)8-25-9-15(17(20,21)22)24-16(25)11-2-4-12(5-3-11)28(23,26)27;18-12-5-10(6-13(19)7-12)8-25-9-15(17(20,21)22)24-16(25)11-1-3-14(4-2-11)28(23,26)27;18-14-4-2-1-3-12(14)9-24-10-15(17(19,20)21)23-16(24)11-5-7-13(8-6-11)27(22,25)26/h1-8,10H,9H2,(H2,25,28,29);1-6,8H,7H2,(H2,24,27,28);2*1-7,9H,8H2,(H2,23,26,27);1-8,10H,9H2,(H2,22,25,26). The van der Waals surface area contributed by atoms with Gasteiger partial charge in [-0.25, -0.2) is 128 Å². The lowest BCUT2D eigenvalue weighted by atomic mass is 10.1. The molecule has 25 nitrogen and oxygen atoms in total. The molecule has 10 aromatic carbocycles. The number of imidazole rings is 5. The van der Waals surface area contributed by atoms with Gasteiger partial charge in [-0.1, -0.05) is 36.4 Å². The maximum atomic E-state index is 13.9. The smallest absolute Gasteiger partial charge is 0.326 e. The highest BCUT2D eigenvalue weighted by Gasteiger charge is 2.41. The molecule has 15 aromatic rings. The van der Waals surface area contributed by atoms with E-state index in [2.05, 4.69) is 24.9 Å². The van der Waals surface area contributed by atoms with Crippen molar-refractivity contribution in [2.45, 2.75) is 94.3 Å². The molecule has 10 N–H and O–H groups in total. The van der Waals surface area contributed by atoms with Crippen LogP contribution < -0.4 is 25.7 Å². The van der Waals surface area contributed by atoms with E-state index in [0.717, 1.165) is 126 Å². The lowest BCUT2D eigenvalue weighted by Gasteiger charge is -2.11. The minimum absolute atomic E-state index is 0.0656. The maximum absolute atomic E-state index is 13.9. The van der Waals surface area contributed by atoms with Crippen LogP contribution in [0.5, 0.6) is 0 Å². The summed E-state index contributed by atoms with van der Waals surface area (Å²) < 4.78 is 462. The second kappa shape index (κ2) is 41.6. The fourth-order valence-corrected chi connectivity index (χ4v) is 15.5. The number of benzene rings is 10. The molecule has 0 spiro atoms. The van der Waals surface area contributed by atoms with E-state index in [1.807, 2.05) is 0 Å². The topological polar surface area (TPSA) is 390 Å². The van der Waals surface area contributed by atoms with Crippen LogP contribution in [0.3, 0.4) is 0 Å².